The minimum absolute atomic E-state index is 0.00983. The lowest BCUT2D eigenvalue weighted by atomic mass is 9.43. The van der Waals surface area contributed by atoms with E-state index in [0.717, 1.165) is 11.2 Å². The van der Waals surface area contributed by atoms with Crippen LogP contribution in [0.1, 0.15) is 129 Å². The van der Waals surface area contributed by atoms with Gasteiger partial charge in [0.25, 0.3) is 0 Å². The fraction of sp³-hybridized carbons (Fsp3) is 0.273. The van der Waals surface area contributed by atoms with Crippen molar-refractivity contribution in [1.29, 1.82) is 0 Å². The van der Waals surface area contributed by atoms with E-state index in [2.05, 4.69) is 233 Å². The summed E-state index contributed by atoms with van der Waals surface area (Å²) in [5.74, 6) is 0. The van der Waals surface area contributed by atoms with E-state index in [9.17, 15) is 0 Å². The zero-order valence-corrected chi connectivity index (χ0v) is 43.1. The fourth-order valence-electron chi connectivity index (χ4n) is 13.6. The van der Waals surface area contributed by atoms with Crippen molar-refractivity contribution in [2.24, 2.45) is 0 Å². The molecule has 0 atom stereocenters. The van der Waals surface area contributed by atoms with E-state index in [1.165, 1.54) is 133 Å². The molecule has 8 aromatic carbocycles. The minimum Gasteiger partial charge on any atom is -0.455 e. The molecule has 0 saturated heterocycles. The largest absolute Gasteiger partial charge is 0.455 e. The second-order valence-electron chi connectivity index (χ2n) is 25.4. The number of rotatable bonds is 1. The molecule has 0 amide bonds. The van der Waals surface area contributed by atoms with Crippen LogP contribution in [0.4, 0.5) is 11.4 Å². The molecule has 70 heavy (non-hydrogen) atoms. The predicted molar refractivity (Wildman–Crippen MR) is 298 cm³/mol. The van der Waals surface area contributed by atoms with Crippen LogP contribution in [0.5, 0.6) is 0 Å². The van der Waals surface area contributed by atoms with Gasteiger partial charge in [0, 0.05) is 60.6 Å². The van der Waals surface area contributed by atoms with Crippen LogP contribution in [0.15, 0.2) is 138 Å². The normalized spacial score (nSPS) is 16.0. The van der Waals surface area contributed by atoms with Gasteiger partial charge in [-0.3, -0.25) is 0 Å². The zero-order chi connectivity index (χ0) is 48.5. The number of aromatic nitrogens is 1. The summed E-state index contributed by atoms with van der Waals surface area (Å²) in [5.41, 5.74) is 27.7. The Morgan fingerprint density at radius 3 is 1.80 bits per heavy atom. The van der Waals surface area contributed by atoms with Crippen LogP contribution in [0.2, 0.25) is 0 Å². The van der Waals surface area contributed by atoms with Gasteiger partial charge in [-0.05, 0) is 137 Å². The topological polar surface area (TPSA) is 21.3 Å². The molecule has 344 valence electrons. The van der Waals surface area contributed by atoms with Gasteiger partial charge in [-0.25, -0.2) is 0 Å². The number of furan rings is 1. The summed E-state index contributed by atoms with van der Waals surface area (Å²) in [6.07, 6.45) is 0. The summed E-state index contributed by atoms with van der Waals surface area (Å²) in [6, 6.07) is 52.4. The molecular formula is C66H61BN2O. The SMILES string of the molecule is CC(C)(C)c1ccc(N2B3c4cc5c(cc4-n4c6ccc(C(C)(C)C)cc6c6c7c(oc8ccccc87)c(c3c64)-c3cc4c(cc32)-c2cc(C(C)(C)C)ccc2C4(C)C)C(C)(C)c2ccccc2-5)cc1. The lowest BCUT2D eigenvalue weighted by Crippen LogP contribution is -2.60. The molecule has 2 aromatic heterocycles. The minimum atomic E-state index is -0.216. The molecule has 0 unspecified atom stereocenters. The fourth-order valence-corrected chi connectivity index (χ4v) is 13.6. The average Bonchev–Trinajstić information content (AvgIpc) is 4.00. The van der Waals surface area contributed by atoms with Crippen molar-refractivity contribution in [2.75, 3.05) is 4.81 Å². The number of nitrogens with zero attached hydrogens (tertiary/aromatic N) is 2. The van der Waals surface area contributed by atoms with Crippen molar-refractivity contribution in [3.63, 3.8) is 0 Å². The van der Waals surface area contributed by atoms with E-state index in [4.69, 9.17) is 4.42 Å². The van der Waals surface area contributed by atoms with Crippen molar-refractivity contribution in [3.05, 3.63) is 172 Å². The molecule has 0 bridgehead atoms. The Morgan fingerprint density at radius 2 is 1.07 bits per heavy atom. The summed E-state index contributed by atoms with van der Waals surface area (Å²) in [6.45, 7) is 30.5. The van der Waals surface area contributed by atoms with Crippen LogP contribution >= 0.6 is 0 Å². The van der Waals surface area contributed by atoms with Gasteiger partial charge < -0.3 is 13.8 Å². The molecule has 4 heteroatoms. The van der Waals surface area contributed by atoms with Gasteiger partial charge in [0.1, 0.15) is 11.2 Å². The summed E-state index contributed by atoms with van der Waals surface area (Å²) >= 11 is 0. The molecule has 3 nitrogen and oxygen atoms in total. The summed E-state index contributed by atoms with van der Waals surface area (Å²) in [7, 11) is 0. The van der Waals surface area contributed by atoms with E-state index in [1.54, 1.807) is 0 Å². The Balaban J connectivity index is 1.21. The maximum absolute atomic E-state index is 7.43. The number of fused-ring (bicyclic) bond motifs is 19. The highest BCUT2D eigenvalue weighted by molar-refractivity contribution is 6.94. The van der Waals surface area contributed by atoms with Crippen molar-refractivity contribution in [3.8, 4) is 39.1 Å². The maximum atomic E-state index is 7.43. The van der Waals surface area contributed by atoms with Crippen molar-refractivity contribution >= 4 is 72.9 Å². The van der Waals surface area contributed by atoms with E-state index in [-0.39, 0.29) is 33.9 Å². The van der Waals surface area contributed by atoms with Crippen LogP contribution in [0.3, 0.4) is 0 Å². The molecule has 0 N–H and O–H groups in total. The van der Waals surface area contributed by atoms with Crippen LogP contribution in [0, 0.1) is 0 Å². The highest BCUT2D eigenvalue weighted by Crippen LogP contribution is 2.58. The standard InChI is InChI=1S/C66H61BN2O/c1-62(2,3)36-22-26-39(27-23-36)69-53-34-44-42-30-37(63(4,5)6)24-28-48(42)66(12,13)49(44)32-46(53)58-59-60-56(57-41-19-15-17-21-55(41)70-61(57)58)45-31-38(64(7,8)9)25-29-52(45)68(60)54-35-50-43(33-51(54)67(59)69)40-18-14-16-20-47(40)65(50,10)11/h14-35H,1-13H3. The molecule has 0 spiro atoms. The second-order valence-corrected chi connectivity index (χ2v) is 25.4. The predicted octanol–water partition coefficient (Wildman–Crippen LogP) is 16.4. The van der Waals surface area contributed by atoms with E-state index in [0.29, 0.717) is 0 Å². The Morgan fingerprint density at radius 1 is 0.471 bits per heavy atom. The molecule has 4 aliphatic rings. The Bertz CT molecular complexity index is 4000. The van der Waals surface area contributed by atoms with Crippen LogP contribution in [-0.4, -0.2) is 11.4 Å². The molecule has 2 aliphatic heterocycles. The third-order valence-electron chi connectivity index (χ3n) is 17.4. The van der Waals surface area contributed by atoms with Gasteiger partial charge in [-0.2, -0.15) is 0 Å². The molecule has 0 fully saturated rings. The quantitative estimate of drug-likeness (QED) is 0.153. The lowest BCUT2D eigenvalue weighted by Gasteiger charge is -2.43. The van der Waals surface area contributed by atoms with Gasteiger partial charge >= 0.3 is 6.85 Å². The summed E-state index contributed by atoms with van der Waals surface area (Å²) in [4.78, 5) is 2.73. The molecule has 4 heterocycles. The highest BCUT2D eigenvalue weighted by Gasteiger charge is 2.49. The van der Waals surface area contributed by atoms with Gasteiger partial charge in [-0.1, -0.05) is 175 Å². The number of hydrogen-bond acceptors (Lipinski definition) is 2. The van der Waals surface area contributed by atoms with Gasteiger partial charge in [0.05, 0.1) is 11.0 Å². The van der Waals surface area contributed by atoms with E-state index >= 15 is 0 Å². The second kappa shape index (κ2) is 13.1. The van der Waals surface area contributed by atoms with Gasteiger partial charge in [0.15, 0.2) is 0 Å². The highest BCUT2D eigenvalue weighted by atomic mass is 16.3. The van der Waals surface area contributed by atoms with Gasteiger partial charge in [0.2, 0.25) is 0 Å². The number of anilines is 2. The average molecular weight is 909 g/mol. The van der Waals surface area contributed by atoms with Gasteiger partial charge in [-0.15, -0.1) is 0 Å². The Hall–Kier alpha value is -6.78. The Labute approximate surface area is 413 Å². The molecule has 14 rings (SSSR count). The van der Waals surface area contributed by atoms with Crippen molar-refractivity contribution < 1.29 is 4.42 Å². The first-order valence-corrected chi connectivity index (χ1v) is 25.6. The van der Waals surface area contributed by atoms with E-state index in [1.807, 2.05) is 0 Å². The lowest BCUT2D eigenvalue weighted by molar-refractivity contribution is 0.589. The van der Waals surface area contributed by atoms with Crippen LogP contribution in [0.25, 0.3) is 82.8 Å². The third-order valence-corrected chi connectivity index (χ3v) is 17.4. The third kappa shape index (κ3) is 5.27. The molecule has 2 aliphatic carbocycles. The van der Waals surface area contributed by atoms with Crippen molar-refractivity contribution in [1.82, 2.24) is 4.57 Å². The number of para-hydroxylation sites is 1. The van der Waals surface area contributed by atoms with Crippen molar-refractivity contribution in [2.45, 2.75) is 117 Å². The maximum Gasteiger partial charge on any atom is 0.333 e. The molecule has 0 radical (unpaired) electrons. The molecular weight excluding hydrogens is 848 g/mol. The first-order chi connectivity index (χ1) is 33.1. The zero-order valence-electron chi connectivity index (χ0n) is 43.1. The smallest absolute Gasteiger partial charge is 0.333 e. The Kier molecular flexibility index (Phi) is 7.91. The van der Waals surface area contributed by atoms with Crippen LogP contribution < -0.4 is 15.7 Å². The first-order valence-electron chi connectivity index (χ1n) is 25.6. The molecule has 10 aromatic rings. The molecule has 0 saturated carbocycles. The summed E-state index contributed by atoms with van der Waals surface area (Å²) < 4.78 is 10.1. The van der Waals surface area contributed by atoms with E-state index < -0.39 is 0 Å². The number of hydrogen-bond donors (Lipinski definition) is 0. The number of benzene rings is 8. The summed E-state index contributed by atoms with van der Waals surface area (Å²) in [5, 5.41) is 4.94. The monoisotopic (exact) mass is 908 g/mol. The first kappa shape index (κ1) is 42.1. The van der Waals surface area contributed by atoms with Crippen LogP contribution in [-0.2, 0) is 27.1 Å².